The maximum absolute atomic E-state index is 13.2. The van der Waals surface area contributed by atoms with Crippen LogP contribution in [0.5, 0.6) is 0 Å². The van der Waals surface area contributed by atoms with Gasteiger partial charge in [0.1, 0.15) is 0 Å². The average Bonchev–Trinajstić information content (AvgIpc) is 3.56. The molecule has 5 rings (SSSR count). The van der Waals surface area contributed by atoms with E-state index in [1.54, 1.807) is 0 Å². The molecule has 0 radical (unpaired) electrons. The van der Waals surface area contributed by atoms with E-state index in [1.165, 1.54) is 57.9 Å². The largest absolute Gasteiger partial charge is 0.339 e. The van der Waals surface area contributed by atoms with Gasteiger partial charge in [-0.3, -0.25) is 14.5 Å². The van der Waals surface area contributed by atoms with Crippen LogP contribution in [0.1, 0.15) is 84.0 Å². The van der Waals surface area contributed by atoms with Crippen molar-refractivity contribution in [1.82, 2.24) is 14.7 Å². The quantitative estimate of drug-likeness (QED) is 0.706. The first-order valence-electron chi connectivity index (χ1n) is 12.9. The lowest BCUT2D eigenvalue weighted by Gasteiger charge is -2.49. The Hall–Kier alpha value is -1.10. The Bertz CT molecular complexity index is 643. The molecular weight excluding hydrogens is 374 g/mol. The van der Waals surface area contributed by atoms with Crippen LogP contribution in [0.15, 0.2) is 0 Å². The first-order valence-corrected chi connectivity index (χ1v) is 12.9. The van der Waals surface area contributed by atoms with Crippen molar-refractivity contribution < 1.29 is 9.59 Å². The summed E-state index contributed by atoms with van der Waals surface area (Å²) in [6.45, 7) is 6.30. The van der Waals surface area contributed by atoms with Gasteiger partial charge in [0.05, 0.1) is 0 Å². The van der Waals surface area contributed by atoms with E-state index in [1.807, 2.05) is 4.90 Å². The van der Waals surface area contributed by atoms with Crippen molar-refractivity contribution in [2.24, 2.45) is 17.3 Å². The second-order valence-corrected chi connectivity index (χ2v) is 11.2. The Morgan fingerprint density at radius 2 is 1.37 bits per heavy atom. The predicted molar refractivity (Wildman–Crippen MR) is 118 cm³/mol. The number of carbonyl (C=O) groups excluding carboxylic acids is 2. The minimum Gasteiger partial charge on any atom is -0.339 e. The smallest absolute Gasteiger partial charge is 0.228 e. The van der Waals surface area contributed by atoms with Crippen LogP contribution >= 0.6 is 0 Å². The van der Waals surface area contributed by atoms with Gasteiger partial charge in [-0.2, -0.15) is 0 Å². The molecule has 0 aromatic heterocycles. The monoisotopic (exact) mass is 415 g/mol. The van der Waals surface area contributed by atoms with Crippen molar-refractivity contribution in [2.45, 2.75) is 96.1 Å². The summed E-state index contributed by atoms with van der Waals surface area (Å²) in [4.78, 5) is 32.7. The normalized spacial score (nSPS) is 36.8. The minimum atomic E-state index is -0.0869. The van der Waals surface area contributed by atoms with Crippen LogP contribution in [-0.2, 0) is 9.59 Å². The van der Waals surface area contributed by atoms with Crippen LogP contribution in [0.25, 0.3) is 0 Å². The van der Waals surface area contributed by atoms with Crippen LogP contribution in [-0.4, -0.2) is 71.3 Å². The molecule has 2 amide bonds. The fraction of sp³-hybridized carbons (Fsp3) is 0.920. The van der Waals surface area contributed by atoms with Gasteiger partial charge in [0, 0.05) is 49.6 Å². The number of likely N-dealkylation sites (tertiary alicyclic amines) is 1. The Morgan fingerprint density at radius 3 is 2.07 bits per heavy atom. The number of nitrogens with zero attached hydrogens (tertiary/aromatic N) is 3. The number of carbonyl (C=O) groups is 2. The topological polar surface area (TPSA) is 43.9 Å². The molecule has 0 bridgehead atoms. The van der Waals surface area contributed by atoms with Crippen molar-refractivity contribution in [3.05, 3.63) is 0 Å². The second kappa shape index (κ2) is 8.44. The summed E-state index contributed by atoms with van der Waals surface area (Å²) in [6.07, 6.45) is 15.1. The molecule has 2 atom stereocenters. The lowest BCUT2D eigenvalue weighted by molar-refractivity contribution is -0.145. The van der Waals surface area contributed by atoms with Gasteiger partial charge in [-0.25, -0.2) is 0 Å². The number of rotatable bonds is 3. The third-order valence-corrected chi connectivity index (χ3v) is 9.20. The summed E-state index contributed by atoms with van der Waals surface area (Å²) in [6, 6.07) is 1.55. The first kappa shape index (κ1) is 20.8. The summed E-state index contributed by atoms with van der Waals surface area (Å²) in [5.74, 6) is 1.85. The van der Waals surface area contributed by atoms with Crippen molar-refractivity contribution in [1.29, 1.82) is 0 Å². The number of hydrogen-bond acceptors (Lipinski definition) is 3. The van der Waals surface area contributed by atoms with E-state index >= 15 is 0 Å². The van der Waals surface area contributed by atoms with E-state index in [2.05, 4.69) is 16.7 Å². The molecule has 2 aliphatic heterocycles. The van der Waals surface area contributed by atoms with Crippen LogP contribution in [0, 0.1) is 17.3 Å². The van der Waals surface area contributed by atoms with Crippen LogP contribution in [0.4, 0.5) is 0 Å². The number of amides is 2. The Morgan fingerprint density at radius 1 is 0.733 bits per heavy atom. The molecule has 2 saturated heterocycles. The zero-order chi connectivity index (χ0) is 20.7. The van der Waals surface area contributed by atoms with Crippen LogP contribution in [0.2, 0.25) is 0 Å². The number of piperazine rings is 1. The average molecular weight is 416 g/mol. The number of fused-ring (bicyclic) bond motifs is 1. The van der Waals surface area contributed by atoms with Crippen molar-refractivity contribution in [3.63, 3.8) is 0 Å². The van der Waals surface area contributed by atoms with Gasteiger partial charge in [-0.1, -0.05) is 19.8 Å². The molecule has 5 fully saturated rings. The molecule has 30 heavy (non-hydrogen) atoms. The first-order chi connectivity index (χ1) is 14.5. The molecule has 5 aliphatic rings. The van der Waals surface area contributed by atoms with E-state index in [-0.39, 0.29) is 11.3 Å². The van der Waals surface area contributed by atoms with Crippen molar-refractivity contribution >= 4 is 11.8 Å². The van der Waals surface area contributed by atoms with E-state index in [9.17, 15) is 9.59 Å². The summed E-state index contributed by atoms with van der Waals surface area (Å²) < 4.78 is 0. The van der Waals surface area contributed by atoms with Gasteiger partial charge in [0.15, 0.2) is 0 Å². The van der Waals surface area contributed by atoms with Gasteiger partial charge in [0.25, 0.3) is 0 Å². The zero-order valence-electron chi connectivity index (χ0n) is 19.0. The highest BCUT2D eigenvalue weighted by Crippen LogP contribution is 2.46. The molecule has 2 unspecified atom stereocenters. The van der Waals surface area contributed by atoms with Gasteiger partial charge in [0.2, 0.25) is 11.8 Å². The van der Waals surface area contributed by atoms with Gasteiger partial charge >= 0.3 is 0 Å². The lowest BCUT2D eigenvalue weighted by atomic mass is 9.76. The molecule has 0 spiro atoms. The highest BCUT2D eigenvalue weighted by atomic mass is 16.2. The Kier molecular flexibility index (Phi) is 5.85. The SMILES string of the molecule is CC1(C(=O)N2CCN(C(=O)C3CCC(N4CCCC5CCCCC54)CC3)CC2)CC1. The molecule has 5 heteroatoms. The third kappa shape index (κ3) is 4.03. The van der Waals surface area contributed by atoms with Crippen LogP contribution in [0.3, 0.4) is 0 Å². The maximum Gasteiger partial charge on any atom is 0.228 e. The standard InChI is InChI=1S/C25H41N3O2/c1-25(12-13-25)24(30)27-17-15-26(16-18-27)23(29)20-8-10-21(11-9-20)28-14-4-6-19-5-2-3-7-22(19)28/h19-22H,2-18H2,1H3. The highest BCUT2D eigenvalue weighted by Gasteiger charge is 2.47. The van der Waals surface area contributed by atoms with Gasteiger partial charge in [-0.15, -0.1) is 0 Å². The summed E-state index contributed by atoms with van der Waals surface area (Å²) >= 11 is 0. The molecule has 3 saturated carbocycles. The van der Waals surface area contributed by atoms with Gasteiger partial charge in [-0.05, 0) is 76.7 Å². The Balaban J connectivity index is 1.10. The minimum absolute atomic E-state index is 0.0869. The fourth-order valence-electron chi connectivity index (χ4n) is 6.94. The van der Waals surface area contributed by atoms with Crippen molar-refractivity contribution in [2.75, 3.05) is 32.7 Å². The van der Waals surface area contributed by atoms with E-state index in [0.29, 0.717) is 17.9 Å². The number of piperidine rings is 1. The fourth-order valence-corrected chi connectivity index (χ4v) is 6.94. The molecule has 2 heterocycles. The summed E-state index contributed by atoms with van der Waals surface area (Å²) in [7, 11) is 0. The molecule has 5 nitrogen and oxygen atoms in total. The third-order valence-electron chi connectivity index (χ3n) is 9.20. The molecule has 168 valence electrons. The van der Waals surface area contributed by atoms with E-state index in [0.717, 1.165) is 63.8 Å². The Labute approximate surface area is 182 Å². The lowest BCUT2D eigenvalue weighted by Crippen LogP contribution is -2.55. The van der Waals surface area contributed by atoms with Gasteiger partial charge < -0.3 is 9.80 Å². The second-order valence-electron chi connectivity index (χ2n) is 11.2. The molecule has 0 aromatic carbocycles. The zero-order valence-corrected chi connectivity index (χ0v) is 19.0. The van der Waals surface area contributed by atoms with E-state index < -0.39 is 0 Å². The molecule has 0 N–H and O–H groups in total. The van der Waals surface area contributed by atoms with Crippen molar-refractivity contribution in [3.8, 4) is 0 Å². The molecular formula is C25H41N3O2. The number of hydrogen-bond donors (Lipinski definition) is 0. The maximum atomic E-state index is 13.2. The predicted octanol–water partition coefficient (Wildman–Crippen LogP) is 3.67. The van der Waals surface area contributed by atoms with Crippen LogP contribution < -0.4 is 0 Å². The van der Waals surface area contributed by atoms with E-state index in [4.69, 9.17) is 0 Å². The summed E-state index contributed by atoms with van der Waals surface area (Å²) in [5, 5.41) is 0. The molecule has 0 aromatic rings. The molecule has 3 aliphatic carbocycles. The highest BCUT2D eigenvalue weighted by molar-refractivity contribution is 5.85. The summed E-state index contributed by atoms with van der Waals surface area (Å²) in [5.41, 5.74) is -0.0869.